The molecule has 0 atom stereocenters. The first-order valence-corrected chi connectivity index (χ1v) is 9.07. The van der Waals surface area contributed by atoms with Crippen molar-refractivity contribution < 1.29 is 26.3 Å². The molecule has 0 unspecified atom stereocenters. The van der Waals surface area contributed by atoms with Crippen molar-refractivity contribution >= 4 is 10.0 Å². The maximum Gasteiger partial charge on any atom is 0.433 e. The van der Waals surface area contributed by atoms with Gasteiger partial charge in [-0.15, -0.1) is 0 Å². The lowest BCUT2D eigenvalue weighted by atomic mass is 10.2. The Balaban J connectivity index is 2.11. The van der Waals surface area contributed by atoms with Crippen LogP contribution in [0.2, 0.25) is 0 Å². The van der Waals surface area contributed by atoms with Crippen LogP contribution in [0.1, 0.15) is 22.8 Å². The normalized spacial score (nSPS) is 12.2. The number of nitrogens with zero attached hydrogens (tertiary/aromatic N) is 2. The number of sulfonamides is 1. The lowest BCUT2D eigenvalue weighted by molar-refractivity contribution is -0.141. The smallest absolute Gasteiger partial charge is 0.433 e. The van der Waals surface area contributed by atoms with E-state index in [1.165, 1.54) is 26.2 Å². The molecule has 0 bridgehead atoms. The summed E-state index contributed by atoms with van der Waals surface area (Å²) in [5.74, 6) is 0.445. The molecular weight excluding hydrogens is 371 g/mol. The highest BCUT2D eigenvalue weighted by atomic mass is 32.2. The van der Waals surface area contributed by atoms with E-state index < -0.39 is 21.9 Å². The molecule has 0 spiro atoms. The van der Waals surface area contributed by atoms with Crippen LogP contribution < -0.4 is 9.46 Å². The maximum atomic E-state index is 12.8. The Morgan fingerprint density at radius 1 is 1.15 bits per heavy atom. The molecule has 0 saturated heterocycles. The summed E-state index contributed by atoms with van der Waals surface area (Å²) in [6.07, 6.45) is -4.65. The van der Waals surface area contributed by atoms with Crippen LogP contribution in [0.5, 0.6) is 5.75 Å². The second-order valence-corrected chi connectivity index (χ2v) is 7.32. The molecule has 0 fully saturated rings. The van der Waals surface area contributed by atoms with E-state index >= 15 is 0 Å². The summed E-state index contributed by atoms with van der Waals surface area (Å²) in [4.78, 5) is 7.44. The van der Waals surface area contributed by atoms with E-state index in [1.54, 1.807) is 13.0 Å². The fraction of sp³-hybridized carbons (Fsp3) is 0.375. The van der Waals surface area contributed by atoms with Crippen LogP contribution in [0.4, 0.5) is 13.2 Å². The molecule has 0 amide bonds. The molecule has 1 heterocycles. The molecule has 2 aromatic rings. The molecule has 6 nitrogen and oxygen atoms in total. The Hall–Kier alpha value is -2.20. The summed E-state index contributed by atoms with van der Waals surface area (Å²) < 4.78 is 70.4. The van der Waals surface area contributed by atoms with Crippen LogP contribution in [-0.2, 0) is 22.6 Å². The number of halogens is 3. The summed E-state index contributed by atoms with van der Waals surface area (Å²) in [6.45, 7) is 2.91. The first kappa shape index (κ1) is 20.1. The largest absolute Gasteiger partial charge is 0.497 e. The second kappa shape index (κ2) is 7.58. The van der Waals surface area contributed by atoms with Gasteiger partial charge in [-0.05, 0) is 43.7 Å². The van der Waals surface area contributed by atoms with Crippen LogP contribution in [-0.4, -0.2) is 32.0 Å². The Kier molecular flexibility index (Phi) is 5.87. The van der Waals surface area contributed by atoms with Crippen LogP contribution >= 0.6 is 0 Å². The van der Waals surface area contributed by atoms with Crippen molar-refractivity contribution in [1.29, 1.82) is 0 Å². The van der Waals surface area contributed by atoms with Gasteiger partial charge >= 0.3 is 6.18 Å². The molecule has 2 rings (SSSR count). The molecule has 142 valence electrons. The average molecular weight is 389 g/mol. The summed E-state index contributed by atoms with van der Waals surface area (Å²) in [7, 11) is -2.35. The molecule has 0 aliphatic rings. The number of benzene rings is 1. The number of methoxy groups -OCH3 is 1. The summed E-state index contributed by atoms with van der Waals surface area (Å²) in [5, 5.41) is 0. The van der Waals surface area contributed by atoms with Gasteiger partial charge in [-0.2, -0.15) is 13.2 Å². The fourth-order valence-corrected chi connectivity index (χ4v) is 3.57. The van der Waals surface area contributed by atoms with Crippen LogP contribution in [0.15, 0.2) is 29.2 Å². The predicted molar refractivity (Wildman–Crippen MR) is 88.4 cm³/mol. The van der Waals surface area contributed by atoms with Gasteiger partial charge in [0.05, 0.1) is 12.0 Å². The zero-order valence-electron chi connectivity index (χ0n) is 14.4. The molecule has 0 aliphatic carbocycles. The molecule has 0 saturated carbocycles. The van der Waals surface area contributed by atoms with Crippen molar-refractivity contribution in [3.63, 3.8) is 0 Å². The summed E-state index contributed by atoms with van der Waals surface area (Å²) in [6, 6.07) is 5.34. The molecule has 0 radical (unpaired) electrons. The fourth-order valence-electron chi connectivity index (χ4n) is 2.31. The second-order valence-electron chi connectivity index (χ2n) is 5.59. The minimum absolute atomic E-state index is 0.0689. The van der Waals surface area contributed by atoms with Gasteiger partial charge in [-0.3, -0.25) is 0 Å². The van der Waals surface area contributed by atoms with Gasteiger partial charge in [0.25, 0.3) is 0 Å². The van der Waals surface area contributed by atoms with Gasteiger partial charge in [0, 0.05) is 18.7 Å². The van der Waals surface area contributed by atoms with E-state index in [9.17, 15) is 21.6 Å². The highest BCUT2D eigenvalue weighted by Crippen LogP contribution is 2.27. The highest BCUT2D eigenvalue weighted by molar-refractivity contribution is 7.89. The van der Waals surface area contributed by atoms with Crippen LogP contribution in [0.25, 0.3) is 0 Å². The van der Waals surface area contributed by atoms with Crippen LogP contribution in [0, 0.1) is 13.8 Å². The van der Waals surface area contributed by atoms with Gasteiger partial charge in [0.15, 0.2) is 0 Å². The first-order valence-electron chi connectivity index (χ1n) is 7.59. The molecule has 1 aromatic carbocycles. The third-order valence-electron chi connectivity index (χ3n) is 3.50. The number of aryl methyl sites for hydroxylation is 2. The number of alkyl halides is 3. The van der Waals surface area contributed by atoms with E-state index in [-0.39, 0.29) is 29.4 Å². The SMILES string of the molecule is COc1ccc(S(=O)(=O)NCCc2nc(C)cc(C(F)(F)F)n2)c(C)c1. The standard InChI is InChI=1S/C16H18F3N3O3S/c1-10-8-12(25-3)4-5-13(10)26(23,24)20-7-6-15-21-11(2)9-14(22-15)16(17,18)19/h4-5,8-9,20H,6-7H2,1-3H3. The predicted octanol–water partition coefficient (Wildman–Crippen LogP) is 2.64. The van der Waals surface area contributed by atoms with E-state index in [0.29, 0.717) is 11.3 Å². The van der Waals surface area contributed by atoms with E-state index in [2.05, 4.69) is 14.7 Å². The number of ether oxygens (including phenoxy) is 1. The molecule has 0 aliphatic heterocycles. The zero-order valence-corrected chi connectivity index (χ0v) is 15.2. The Bertz CT molecular complexity index is 899. The Labute approximate surface area is 149 Å². The van der Waals surface area contributed by atoms with Crippen molar-refractivity contribution in [3.05, 3.63) is 47.0 Å². The third kappa shape index (κ3) is 4.92. The Morgan fingerprint density at radius 2 is 1.85 bits per heavy atom. The number of hydrogen-bond acceptors (Lipinski definition) is 5. The van der Waals surface area contributed by atoms with E-state index in [4.69, 9.17) is 4.74 Å². The highest BCUT2D eigenvalue weighted by Gasteiger charge is 2.33. The zero-order chi connectivity index (χ0) is 19.5. The quantitative estimate of drug-likeness (QED) is 0.822. The molecule has 1 aromatic heterocycles. The van der Waals surface area contributed by atoms with Gasteiger partial charge in [0.1, 0.15) is 17.3 Å². The lowest BCUT2D eigenvalue weighted by Crippen LogP contribution is -2.27. The topological polar surface area (TPSA) is 81.2 Å². The minimum Gasteiger partial charge on any atom is -0.497 e. The van der Waals surface area contributed by atoms with Crippen LogP contribution in [0.3, 0.4) is 0 Å². The van der Waals surface area contributed by atoms with Crippen molar-refractivity contribution in [2.24, 2.45) is 0 Å². The Morgan fingerprint density at radius 3 is 2.42 bits per heavy atom. The maximum absolute atomic E-state index is 12.8. The molecule has 10 heteroatoms. The average Bonchev–Trinajstić information content (AvgIpc) is 2.53. The third-order valence-corrected chi connectivity index (χ3v) is 5.12. The van der Waals surface area contributed by atoms with E-state index in [1.807, 2.05) is 0 Å². The lowest BCUT2D eigenvalue weighted by Gasteiger charge is -2.11. The summed E-state index contributed by atoms with van der Waals surface area (Å²) in [5.41, 5.74) is -0.395. The number of rotatable bonds is 6. The first-order chi connectivity index (χ1) is 12.0. The van der Waals surface area contributed by atoms with Crippen molar-refractivity contribution in [1.82, 2.24) is 14.7 Å². The molecule has 1 N–H and O–H groups in total. The summed E-state index contributed by atoms with van der Waals surface area (Å²) >= 11 is 0. The minimum atomic E-state index is -4.58. The molecular formula is C16H18F3N3O3S. The van der Waals surface area contributed by atoms with Gasteiger partial charge in [0.2, 0.25) is 10.0 Å². The van der Waals surface area contributed by atoms with Gasteiger partial charge in [-0.25, -0.2) is 23.1 Å². The van der Waals surface area contributed by atoms with Crippen molar-refractivity contribution in [3.8, 4) is 5.75 Å². The van der Waals surface area contributed by atoms with Gasteiger partial charge < -0.3 is 4.74 Å². The number of nitrogens with one attached hydrogen (secondary N) is 1. The molecule has 26 heavy (non-hydrogen) atoms. The monoisotopic (exact) mass is 389 g/mol. The van der Waals surface area contributed by atoms with E-state index in [0.717, 1.165) is 6.07 Å². The van der Waals surface area contributed by atoms with Crippen molar-refractivity contribution in [2.45, 2.75) is 31.3 Å². The van der Waals surface area contributed by atoms with Gasteiger partial charge in [-0.1, -0.05) is 0 Å². The number of hydrogen-bond donors (Lipinski definition) is 1. The van der Waals surface area contributed by atoms with Crippen molar-refractivity contribution in [2.75, 3.05) is 13.7 Å². The number of aromatic nitrogens is 2.